The van der Waals surface area contributed by atoms with Crippen molar-refractivity contribution in [1.82, 2.24) is 0 Å². The van der Waals surface area contributed by atoms with Gasteiger partial charge < -0.3 is 5.73 Å². The van der Waals surface area contributed by atoms with Crippen LogP contribution in [-0.4, -0.2) is 5.78 Å². The maximum absolute atomic E-state index is 12.3. The molecule has 1 unspecified atom stereocenters. The van der Waals surface area contributed by atoms with Crippen LogP contribution >= 0.6 is 11.6 Å². The second-order valence-electron chi connectivity index (χ2n) is 3.06. The van der Waals surface area contributed by atoms with Gasteiger partial charge in [0.2, 0.25) is 0 Å². The lowest BCUT2D eigenvalue weighted by atomic mass is 9.79. The molecule has 1 aliphatic rings. The van der Waals surface area contributed by atoms with E-state index in [2.05, 4.69) is 0 Å². The second kappa shape index (κ2) is 3.80. The third-order valence-electron chi connectivity index (χ3n) is 2.13. The first-order chi connectivity index (χ1) is 9.95. The molecule has 0 amide bonds. The molecule has 78 valence electrons. The van der Waals surface area contributed by atoms with Gasteiger partial charge in [0.1, 0.15) is 5.54 Å². The molecule has 0 aromatic heterocycles. The highest BCUT2D eigenvalue weighted by atomic mass is 35.5. The van der Waals surface area contributed by atoms with Crippen LogP contribution in [0, 0.1) is 0 Å². The molecule has 0 bridgehead atoms. The van der Waals surface area contributed by atoms with Crippen LogP contribution in [0.2, 0.25) is 5.02 Å². The molecule has 0 heterocycles. The van der Waals surface area contributed by atoms with Gasteiger partial charge in [-0.15, -0.1) is 0 Å². The molecule has 1 aliphatic carbocycles. The van der Waals surface area contributed by atoms with E-state index in [1.807, 2.05) is 0 Å². The lowest BCUT2D eigenvalue weighted by molar-refractivity contribution is -0.120. The smallest absolute Gasteiger partial charge is 0.179 e. The van der Waals surface area contributed by atoms with E-state index in [0.717, 1.165) is 6.08 Å². The number of carbonyl (C=O) groups is 1. The van der Waals surface area contributed by atoms with Crippen LogP contribution < -0.4 is 5.73 Å². The van der Waals surface area contributed by atoms with E-state index >= 15 is 0 Å². The van der Waals surface area contributed by atoms with Gasteiger partial charge in [-0.1, -0.05) is 35.8 Å². The molecule has 0 aliphatic heterocycles. The summed E-state index contributed by atoms with van der Waals surface area (Å²) < 4.78 is 54.3. The molecule has 15 heavy (non-hydrogen) atoms. The predicted molar refractivity (Wildman–Crippen MR) is 60.7 cm³/mol. The number of benzene rings is 1. The molecule has 0 radical (unpaired) electrons. The number of nitrogens with two attached hydrogens (primary N) is 1. The van der Waals surface area contributed by atoms with Gasteiger partial charge in [0, 0.05) is 7.76 Å². The third kappa shape index (κ3) is 1.71. The molecular weight excluding hydrogens is 210 g/mol. The van der Waals surface area contributed by atoms with E-state index in [1.165, 1.54) is 0 Å². The highest BCUT2D eigenvalue weighted by molar-refractivity contribution is 6.31. The summed E-state index contributed by atoms with van der Waals surface area (Å²) >= 11 is 5.95. The van der Waals surface area contributed by atoms with Crippen molar-refractivity contribution in [3.63, 3.8) is 0 Å². The van der Waals surface area contributed by atoms with Crippen molar-refractivity contribution in [2.45, 2.75) is 18.3 Å². The molecule has 3 heteroatoms. The first-order valence-electron chi connectivity index (χ1n) is 7.72. The molecule has 0 saturated heterocycles. The van der Waals surface area contributed by atoms with Crippen molar-refractivity contribution >= 4 is 17.4 Å². The summed E-state index contributed by atoms with van der Waals surface area (Å²) in [4.78, 5) is 12.3. The highest BCUT2D eigenvalue weighted by Gasteiger charge is 2.36. The topological polar surface area (TPSA) is 43.1 Å². The van der Waals surface area contributed by atoms with Gasteiger partial charge in [0.05, 0.1) is 6.85 Å². The summed E-state index contributed by atoms with van der Waals surface area (Å²) in [5.74, 6) is -0.958. The SMILES string of the molecule is [2H]C1=CC(=O)C(N)(c2c([2H])c([2H])c([2H])c([2H])c2Cl)C([2H])([2H])C1. The van der Waals surface area contributed by atoms with Gasteiger partial charge in [-0.05, 0) is 30.5 Å². The van der Waals surface area contributed by atoms with Crippen LogP contribution in [-0.2, 0) is 10.3 Å². The molecule has 0 fully saturated rings. The first kappa shape index (κ1) is 4.81. The van der Waals surface area contributed by atoms with E-state index in [1.54, 1.807) is 0 Å². The van der Waals surface area contributed by atoms with Gasteiger partial charge in [-0.25, -0.2) is 0 Å². The minimum Gasteiger partial charge on any atom is -0.315 e. The fourth-order valence-corrected chi connectivity index (χ4v) is 1.56. The fraction of sp³-hybridized carbons (Fsp3) is 0.250. The summed E-state index contributed by atoms with van der Waals surface area (Å²) in [5.41, 5.74) is 3.10. The Morgan fingerprint density at radius 2 is 2.27 bits per heavy atom. The quantitative estimate of drug-likeness (QED) is 0.802. The maximum atomic E-state index is 12.3. The number of carbonyl (C=O) groups excluding carboxylic acids is 1. The first-order valence-corrected chi connectivity index (χ1v) is 4.59. The molecule has 1 atom stereocenters. The Balaban J connectivity index is 2.89. The van der Waals surface area contributed by atoms with E-state index in [9.17, 15) is 4.79 Å². The van der Waals surface area contributed by atoms with Crippen LogP contribution in [0.1, 0.15) is 28.0 Å². The summed E-state index contributed by atoms with van der Waals surface area (Å²) in [7, 11) is 0. The van der Waals surface area contributed by atoms with E-state index in [-0.39, 0.29) is 6.05 Å². The summed E-state index contributed by atoms with van der Waals surface area (Å²) in [5, 5.41) is -0.493. The number of hydrogen-bond acceptors (Lipinski definition) is 2. The van der Waals surface area contributed by atoms with Crippen LogP contribution in [0.4, 0.5) is 0 Å². The standard InChI is InChI=1S/C12H12ClNO/c13-10-6-2-1-5-9(10)12(14)8-4-3-7-11(12)15/h1-3,5-7H,4,8,14H2/i1D,2D,3D,5D,6D,8D2. The Morgan fingerprint density at radius 3 is 3.00 bits per heavy atom. The summed E-state index contributed by atoms with van der Waals surface area (Å²) in [6.45, 7) is 0. The molecule has 2 rings (SSSR count). The fourth-order valence-electron chi connectivity index (χ4n) is 1.32. The average Bonchev–Trinajstić information content (AvgIpc) is 2.40. The Labute approximate surface area is 104 Å². The number of rotatable bonds is 1. The highest BCUT2D eigenvalue weighted by Crippen LogP contribution is 2.33. The van der Waals surface area contributed by atoms with Crippen molar-refractivity contribution in [2.24, 2.45) is 5.73 Å². The molecule has 2 nitrogen and oxygen atoms in total. The minimum atomic E-state index is -2.42. The zero-order chi connectivity index (χ0) is 17.0. The molecule has 0 saturated carbocycles. The Kier molecular flexibility index (Phi) is 1.22. The minimum absolute atomic E-state index is 0.243. The number of hydrogen-bond donors (Lipinski definition) is 1. The van der Waals surface area contributed by atoms with Crippen LogP contribution in [0.15, 0.2) is 36.3 Å². The zero-order valence-corrected chi connectivity index (χ0v) is 8.40. The molecular formula is C12H12ClNO. The van der Waals surface area contributed by atoms with Crippen molar-refractivity contribution in [3.8, 4) is 0 Å². The van der Waals surface area contributed by atoms with E-state index in [0.29, 0.717) is 0 Å². The van der Waals surface area contributed by atoms with Crippen LogP contribution in [0.3, 0.4) is 0 Å². The van der Waals surface area contributed by atoms with Crippen molar-refractivity contribution in [1.29, 1.82) is 0 Å². The monoisotopic (exact) mass is 228 g/mol. The van der Waals surface area contributed by atoms with Gasteiger partial charge in [0.15, 0.2) is 5.78 Å². The van der Waals surface area contributed by atoms with Crippen LogP contribution in [0.25, 0.3) is 0 Å². The average molecular weight is 229 g/mol. The number of halogens is 1. The van der Waals surface area contributed by atoms with E-state index in [4.69, 9.17) is 26.9 Å². The maximum Gasteiger partial charge on any atom is 0.179 e. The molecule has 1 aromatic rings. The largest absolute Gasteiger partial charge is 0.315 e. The van der Waals surface area contributed by atoms with Gasteiger partial charge in [-0.3, -0.25) is 4.79 Å². The Bertz CT molecular complexity index is 689. The zero-order valence-electron chi connectivity index (χ0n) is 14.6. The second-order valence-corrected chi connectivity index (χ2v) is 3.44. The number of allylic oxidation sites excluding steroid dienone is 1. The van der Waals surface area contributed by atoms with Crippen LogP contribution in [0.5, 0.6) is 0 Å². The summed E-state index contributed by atoms with van der Waals surface area (Å²) in [6.07, 6.45) is -2.02. The predicted octanol–water partition coefficient (Wildman–Crippen LogP) is 2.41. The molecule has 1 aromatic carbocycles. The van der Waals surface area contributed by atoms with Gasteiger partial charge in [-0.2, -0.15) is 0 Å². The molecule has 2 N–H and O–H groups in total. The third-order valence-corrected chi connectivity index (χ3v) is 2.41. The lowest BCUT2D eigenvalue weighted by Crippen LogP contribution is -2.45. The molecule has 0 spiro atoms. The van der Waals surface area contributed by atoms with Crippen molar-refractivity contribution in [3.05, 3.63) is 46.9 Å². The van der Waals surface area contributed by atoms with Gasteiger partial charge in [0.25, 0.3) is 0 Å². The van der Waals surface area contributed by atoms with Crippen molar-refractivity contribution < 1.29 is 14.4 Å². The lowest BCUT2D eigenvalue weighted by Gasteiger charge is -2.30. The Morgan fingerprint density at radius 1 is 1.53 bits per heavy atom. The normalized spacial score (nSPS) is 36.3. The summed E-state index contributed by atoms with van der Waals surface area (Å²) in [6, 6.07) is -2.74. The van der Waals surface area contributed by atoms with Gasteiger partial charge >= 0.3 is 0 Å². The number of ketones is 1. The van der Waals surface area contributed by atoms with Crippen molar-refractivity contribution in [2.75, 3.05) is 0 Å². The Hall–Kier alpha value is -1.12. The van der Waals surface area contributed by atoms with E-state index < -0.39 is 58.9 Å².